The van der Waals surface area contributed by atoms with E-state index >= 15 is 0 Å². The number of benzene rings is 5. The smallest absolute Gasteiger partial charge is 0.168 e. The maximum atomic E-state index is 6.51. The second-order valence-electron chi connectivity index (χ2n) is 11.2. The minimum atomic E-state index is 0. The van der Waals surface area contributed by atoms with Gasteiger partial charge in [0.25, 0.3) is 0 Å². The van der Waals surface area contributed by atoms with Gasteiger partial charge >= 0.3 is 0 Å². The van der Waals surface area contributed by atoms with Gasteiger partial charge < -0.3 is 14.0 Å². The molecule has 0 aliphatic carbocycles. The fraction of sp³-hybridized carbons (Fsp3) is 0.0238. The van der Waals surface area contributed by atoms with Crippen LogP contribution < -0.4 is 0 Å². The normalized spacial score (nSPS) is 10.9. The number of nitrogens with zero attached hydrogens (tertiary/aromatic N) is 4. The molecule has 0 atom stereocenters. The summed E-state index contributed by atoms with van der Waals surface area (Å²) in [5.41, 5.74) is 10.6. The van der Waals surface area contributed by atoms with Crippen molar-refractivity contribution in [1.82, 2.24) is 19.5 Å². The van der Waals surface area contributed by atoms with Crippen molar-refractivity contribution in [2.45, 2.75) is 6.92 Å². The van der Waals surface area contributed by atoms with Crippen LogP contribution in [-0.2, 0) is 20.1 Å². The Morgan fingerprint density at radius 3 is 2.21 bits per heavy atom. The van der Waals surface area contributed by atoms with Crippen molar-refractivity contribution in [2.75, 3.05) is 0 Å². The number of hydrogen-bond donors (Lipinski definition) is 0. The predicted octanol–water partition coefficient (Wildman–Crippen LogP) is 10.3. The summed E-state index contributed by atoms with van der Waals surface area (Å²) in [6.45, 7) is 2.09. The second kappa shape index (κ2) is 13.6. The van der Waals surface area contributed by atoms with E-state index in [2.05, 4.69) is 94.3 Å². The Bertz CT molecular complexity index is 2420. The molecule has 0 fully saturated rings. The first-order valence-electron chi connectivity index (χ1n) is 15.4. The van der Waals surface area contributed by atoms with Crippen molar-refractivity contribution >= 4 is 33.1 Å². The molecule has 48 heavy (non-hydrogen) atoms. The Morgan fingerprint density at radius 2 is 1.44 bits per heavy atom. The van der Waals surface area contributed by atoms with Crippen molar-refractivity contribution in [3.63, 3.8) is 0 Å². The number of furan rings is 1. The molecule has 233 valence electrons. The zero-order valence-electron chi connectivity index (χ0n) is 26.0. The molecule has 0 bridgehead atoms. The fourth-order valence-electron chi connectivity index (χ4n) is 5.94. The summed E-state index contributed by atoms with van der Waals surface area (Å²) in [4.78, 5) is 13.7. The van der Waals surface area contributed by atoms with Crippen LogP contribution in [0.2, 0.25) is 0 Å². The third-order valence-electron chi connectivity index (χ3n) is 8.18. The Kier molecular flexibility index (Phi) is 8.76. The number of aromatic nitrogens is 4. The van der Waals surface area contributed by atoms with Crippen LogP contribution in [0.3, 0.4) is 0 Å². The minimum absolute atomic E-state index is 0. The first kappa shape index (κ1) is 30.9. The Balaban J connectivity index is 0.000000237. The van der Waals surface area contributed by atoms with Crippen LogP contribution in [0.25, 0.3) is 72.6 Å². The van der Waals surface area contributed by atoms with Crippen LogP contribution >= 0.6 is 0 Å². The number of fused-ring (bicyclic) bond motifs is 4. The topological polar surface area (TPSA) is 56.7 Å². The average molecular weight is 797 g/mol. The van der Waals surface area contributed by atoms with Gasteiger partial charge in [0.1, 0.15) is 5.58 Å². The van der Waals surface area contributed by atoms with E-state index in [1.807, 2.05) is 78.9 Å². The molecule has 6 heteroatoms. The average Bonchev–Trinajstić information content (AvgIpc) is 3.73. The predicted molar refractivity (Wildman–Crippen MR) is 189 cm³/mol. The zero-order valence-corrected chi connectivity index (χ0v) is 28.4. The first-order valence-corrected chi connectivity index (χ1v) is 15.4. The van der Waals surface area contributed by atoms with Crippen molar-refractivity contribution in [3.8, 4) is 39.5 Å². The van der Waals surface area contributed by atoms with Crippen molar-refractivity contribution in [3.05, 3.63) is 170 Å². The first-order chi connectivity index (χ1) is 23.2. The van der Waals surface area contributed by atoms with E-state index in [4.69, 9.17) is 9.40 Å². The maximum Gasteiger partial charge on any atom is 0.168 e. The summed E-state index contributed by atoms with van der Waals surface area (Å²) in [5, 5.41) is 2.12. The zero-order chi connectivity index (χ0) is 31.6. The molecule has 0 N–H and O–H groups in total. The van der Waals surface area contributed by atoms with Gasteiger partial charge in [-0.3, -0.25) is 4.98 Å². The number of imidazole rings is 1. The third kappa shape index (κ3) is 5.84. The summed E-state index contributed by atoms with van der Waals surface area (Å²) >= 11 is 0. The van der Waals surface area contributed by atoms with Crippen LogP contribution in [0.4, 0.5) is 0 Å². The van der Waals surface area contributed by atoms with E-state index in [0.29, 0.717) is 5.65 Å². The molecule has 5 nitrogen and oxygen atoms in total. The number of hydrogen-bond acceptors (Lipinski definition) is 4. The number of aryl methyl sites for hydroxylation is 1. The third-order valence-corrected chi connectivity index (χ3v) is 8.18. The van der Waals surface area contributed by atoms with Gasteiger partial charge in [-0.15, -0.1) is 54.1 Å². The van der Waals surface area contributed by atoms with Gasteiger partial charge in [-0.05, 0) is 59.6 Å². The van der Waals surface area contributed by atoms with E-state index in [1.54, 1.807) is 12.4 Å². The van der Waals surface area contributed by atoms with Crippen LogP contribution in [0, 0.1) is 19.1 Å². The van der Waals surface area contributed by atoms with Gasteiger partial charge in [-0.1, -0.05) is 83.7 Å². The molecule has 0 saturated heterocycles. The molecule has 9 aromatic rings. The van der Waals surface area contributed by atoms with Crippen molar-refractivity contribution in [1.29, 1.82) is 0 Å². The minimum Gasteiger partial charge on any atom is -0.501 e. The van der Waals surface area contributed by atoms with Gasteiger partial charge in [0.15, 0.2) is 5.65 Å². The Hall–Kier alpha value is -5.68. The summed E-state index contributed by atoms with van der Waals surface area (Å²) < 4.78 is 8.67. The summed E-state index contributed by atoms with van der Waals surface area (Å²) in [7, 11) is 0. The molecule has 0 spiro atoms. The van der Waals surface area contributed by atoms with Crippen molar-refractivity contribution < 1.29 is 24.5 Å². The fourth-order valence-corrected chi connectivity index (χ4v) is 5.94. The molecule has 0 saturated carbocycles. The number of para-hydroxylation sites is 1. The van der Waals surface area contributed by atoms with E-state index in [0.717, 1.165) is 72.5 Å². The quantitative estimate of drug-likeness (QED) is 0.167. The van der Waals surface area contributed by atoms with E-state index in [1.165, 1.54) is 0 Å². The molecule has 1 radical (unpaired) electrons. The van der Waals surface area contributed by atoms with Crippen LogP contribution in [0.15, 0.2) is 156 Å². The summed E-state index contributed by atoms with van der Waals surface area (Å²) in [5.74, 6) is 0.765. The molecular weight excluding hydrogens is 769 g/mol. The van der Waals surface area contributed by atoms with E-state index in [-0.39, 0.29) is 20.1 Å². The largest absolute Gasteiger partial charge is 0.501 e. The second-order valence-corrected chi connectivity index (χ2v) is 11.2. The van der Waals surface area contributed by atoms with Gasteiger partial charge in [0.2, 0.25) is 0 Å². The maximum absolute atomic E-state index is 6.51. The van der Waals surface area contributed by atoms with Crippen molar-refractivity contribution in [2.24, 2.45) is 0 Å². The Morgan fingerprint density at radius 1 is 0.646 bits per heavy atom. The molecule has 5 aromatic carbocycles. The molecule has 0 unspecified atom stereocenters. The van der Waals surface area contributed by atoms with E-state index in [9.17, 15) is 0 Å². The molecule has 9 rings (SSSR count). The number of pyridine rings is 2. The van der Waals surface area contributed by atoms with Crippen LogP contribution in [0.5, 0.6) is 0 Å². The van der Waals surface area contributed by atoms with Crippen LogP contribution in [-0.4, -0.2) is 19.5 Å². The molecule has 0 aliphatic heterocycles. The Labute approximate surface area is 291 Å². The van der Waals surface area contributed by atoms with Gasteiger partial charge in [-0.25, -0.2) is 4.98 Å². The monoisotopic (exact) mass is 797 g/mol. The molecular formula is C42H28IrN4O-2. The summed E-state index contributed by atoms with van der Waals surface area (Å²) in [6.07, 6.45) is 3.59. The molecule has 0 amide bonds. The van der Waals surface area contributed by atoms with Gasteiger partial charge in [-0.2, -0.15) is 0 Å². The van der Waals surface area contributed by atoms with Gasteiger partial charge in [0.05, 0.1) is 16.9 Å². The van der Waals surface area contributed by atoms with E-state index < -0.39 is 0 Å². The van der Waals surface area contributed by atoms with Crippen LogP contribution in [0.1, 0.15) is 5.56 Å². The molecule has 0 aliphatic rings. The summed E-state index contributed by atoms with van der Waals surface area (Å²) in [6, 6.07) is 53.3. The molecule has 4 heterocycles. The van der Waals surface area contributed by atoms with Gasteiger partial charge in [0, 0.05) is 43.6 Å². The molecule has 4 aromatic heterocycles. The number of rotatable bonds is 4. The standard InChI is InChI=1S/C31H20N3O.C11H8N.Ir/c1-20-17-18-32-30-28(20)34(23-11-6-3-7-12-23)31(33-30)26-14-8-13-25-24-16-15-22(19-27(24)35-29(25)26)21-9-4-2-5-10-21;1-2-6-10(7-3-1)11-8-4-5-9-12-11;/h2-13,15-19H,1H3;1-6,8-9H;/q2*-1;. The SMILES string of the molecule is Cc1ccnc2nc(-c3[c-]ccc4c3oc3cc(-c5ccccc5)ccc34)n(-c3ccccc3)c12.[Ir].[c-]1ccccc1-c1ccccn1.